The number of halogens is 1. The average molecular weight is 494 g/mol. The van der Waals surface area contributed by atoms with Crippen LogP contribution in [0.25, 0.3) is 0 Å². The molecule has 2 fully saturated rings. The third-order valence-electron chi connectivity index (χ3n) is 5.65. The van der Waals surface area contributed by atoms with Gasteiger partial charge in [-0.25, -0.2) is 12.8 Å². The molecular formula is C22H24FN3O5S2. The second-order valence-electron chi connectivity index (χ2n) is 7.76. The molecule has 2 amide bonds. The number of nitrogens with zero attached hydrogens (tertiary/aromatic N) is 2. The molecule has 1 unspecified atom stereocenters. The predicted molar refractivity (Wildman–Crippen MR) is 123 cm³/mol. The van der Waals surface area contributed by atoms with E-state index >= 15 is 0 Å². The maximum atomic E-state index is 14.4. The molecule has 0 saturated carbocycles. The van der Waals surface area contributed by atoms with Crippen LogP contribution in [0.2, 0.25) is 0 Å². The molecule has 1 N–H and O–H groups in total. The summed E-state index contributed by atoms with van der Waals surface area (Å²) in [7, 11) is -4.07. The van der Waals surface area contributed by atoms with Crippen LogP contribution < -0.4 is 10.2 Å². The zero-order chi connectivity index (χ0) is 23.6. The van der Waals surface area contributed by atoms with Gasteiger partial charge in [-0.1, -0.05) is 6.07 Å². The smallest absolute Gasteiger partial charge is 0.246 e. The Labute approximate surface area is 196 Å². The Kier molecular flexibility index (Phi) is 7.03. The van der Waals surface area contributed by atoms with E-state index in [0.29, 0.717) is 0 Å². The fourth-order valence-corrected chi connectivity index (χ4v) is 5.81. The fraction of sp³-hybridized carbons (Fsp3) is 0.364. The number of morpholine rings is 1. The molecule has 2 aromatic carbocycles. The molecule has 0 spiro atoms. The first kappa shape index (κ1) is 23.7. The van der Waals surface area contributed by atoms with E-state index in [1.807, 2.05) is 30.5 Å². The summed E-state index contributed by atoms with van der Waals surface area (Å²) in [5.41, 5.74) is 0.881. The van der Waals surface area contributed by atoms with Crippen LogP contribution in [-0.2, 0) is 24.3 Å². The zero-order valence-electron chi connectivity index (χ0n) is 18.0. The zero-order valence-corrected chi connectivity index (χ0v) is 19.6. The van der Waals surface area contributed by atoms with E-state index in [1.54, 1.807) is 16.7 Å². The van der Waals surface area contributed by atoms with Gasteiger partial charge >= 0.3 is 0 Å². The van der Waals surface area contributed by atoms with E-state index in [2.05, 4.69) is 5.32 Å². The summed E-state index contributed by atoms with van der Waals surface area (Å²) in [5.74, 6) is -2.09. The minimum absolute atomic E-state index is 0.0372. The van der Waals surface area contributed by atoms with Gasteiger partial charge in [0, 0.05) is 42.3 Å². The van der Waals surface area contributed by atoms with Crippen molar-refractivity contribution in [1.29, 1.82) is 0 Å². The SMILES string of the molecule is CSc1cccc(N2CC(C(=O)Nc3ccc(F)c(S(=O)(=O)N4CCOCC4)c3)CC2=O)c1. The number of amides is 2. The Hall–Kier alpha value is -2.47. The summed E-state index contributed by atoms with van der Waals surface area (Å²) in [5, 5.41) is 2.65. The monoisotopic (exact) mass is 493 g/mol. The summed E-state index contributed by atoms with van der Waals surface area (Å²) in [6.45, 7) is 0.960. The van der Waals surface area contributed by atoms with Crippen molar-refractivity contribution >= 4 is 45.0 Å². The van der Waals surface area contributed by atoms with E-state index in [0.717, 1.165) is 27.0 Å². The number of carbonyl (C=O) groups is 2. The minimum Gasteiger partial charge on any atom is -0.379 e. The normalized spacial score (nSPS) is 19.6. The van der Waals surface area contributed by atoms with E-state index < -0.39 is 32.6 Å². The largest absolute Gasteiger partial charge is 0.379 e. The predicted octanol–water partition coefficient (Wildman–Crippen LogP) is 2.56. The van der Waals surface area contributed by atoms with E-state index in [4.69, 9.17) is 4.74 Å². The molecule has 1 atom stereocenters. The van der Waals surface area contributed by atoms with Crippen molar-refractivity contribution in [2.24, 2.45) is 5.92 Å². The summed E-state index contributed by atoms with van der Waals surface area (Å²) in [6, 6.07) is 11.0. The molecule has 2 heterocycles. The highest BCUT2D eigenvalue weighted by molar-refractivity contribution is 7.98. The second kappa shape index (κ2) is 9.80. The van der Waals surface area contributed by atoms with Crippen LogP contribution in [0.5, 0.6) is 0 Å². The molecule has 0 radical (unpaired) electrons. The highest BCUT2D eigenvalue weighted by Gasteiger charge is 2.36. The Morgan fingerprint density at radius 1 is 1.18 bits per heavy atom. The maximum absolute atomic E-state index is 14.4. The second-order valence-corrected chi connectivity index (χ2v) is 10.5. The Balaban J connectivity index is 1.49. The van der Waals surface area contributed by atoms with Crippen LogP contribution in [0.15, 0.2) is 52.3 Å². The molecule has 2 aliphatic rings. The first-order valence-corrected chi connectivity index (χ1v) is 13.1. The average Bonchev–Trinajstić information content (AvgIpc) is 3.22. The lowest BCUT2D eigenvalue weighted by Gasteiger charge is -2.26. The Morgan fingerprint density at radius 2 is 1.94 bits per heavy atom. The van der Waals surface area contributed by atoms with Crippen LogP contribution in [-0.4, -0.2) is 63.6 Å². The van der Waals surface area contributed by atoms with Crippen molar-refractivity contribution in [3.05, 3.63) is 48.3 Å². The highest BCUT2D eigenvalue weighted by atomic mass is 32.2. The van der Waals surface area contributed by atoms with E-state index in [-0.39, 0.29) is 50.9 Å². The summed E-state index contributed by atoms with van der Waals surface area (Å²) in [6.07, 6.45) is 1.98. The number of sulfonamides is 1. The molecule has 2 aliphatic heterocycles. The van der Waals surface area contributed by atoms with Crippen LogP contribution in [0, 0.1) is 11.7 Å². The van der Waals surface area contributed by atoms with Crippen molar-refractivity contribution in [1.82, 2.24) is 4.31 Å². The van der Waals surface area contributed by atoms with Gasteiger partial charge in [-0.05, 0) is 42.7 Å². The third-order valence-corrected chi connectivity index (χ3v) is 8.29. The lowest BCUT2D eigenvalue weighted by atomic mass is 10.1. The number of anilines is 2. The molecule has 2 saturated heterocycles. The molecule has 0 bridgehead atoms. The van der Waals surface area contributed by atoms with Crippen LogP contribution in [0.1, 0.15) is 6.42 Å². The standard InChI is InChI=1S/C22H24FN3O5S2/c1-32-18-4-2-3-17(13-18)26-14-15(11-21(26)27)22(28)24-16-5-6-19(23)20(12-16)33(29,30)25-7-9-31-10-8-25/h2-6,12-13,15H,7-11,14H2,1H3,(H,24,28). The number of ether oxygens (including phenoxy) is 1. The molecule has 2 aromatic rings. The molecule has 176 valence electrons. The van der Waals surface area contributed by atoms with Gasteiger partial charge in [-0.2, -0.15) is 4.31 Å². The fourth-order valence-electron chi connectivity index (χ4n) is 3.86. The molecule has 0 aliphatic carbocycles. The highest BCUT2D eigenvalue weighted by Crippen LogP contribution is 2.29. The van der Waals surface area contributed by atoms with Gasteiger partial charge in [-0.15, -0.1) is 11.8 Å². The molecule has 4 rings (SSSR count). The van der Waals surface area contributed by atoms with Gasteiger partial charge in [0.15, 0.2) is 0 Å². The number of benzene rings is 2. The molecular weight excluding hydrogens is 469 g/mol. The van der Waals surface area contributed by atoms with E-state index in [1.165, 1.54) is 6.07 Å². The first-order valence-electron chi connectivity index (χ1n) is 10.4. The summed E-state index contributed by atoms with van der Waals surface area (Å²) >= 11 is 1.56. The number of thioether (sulfide) groups is 1. The van der Waals surface area contributed by atoms with Crippen LogP contribution >= 0.6 is 11.8 Å². The molecule has 0 aromatic heterocycles. The minimum atomic E-state index is -4.07. The number of rotatable bonds is 6. The van der Waals surface area contributed by atoms with Crippen molar-refractivity contribution in [2.75, 3.05) is 49.3 Å². The van der Waals surface area contributed by atoms with Crippen LogP contribution in [0.4, 0.5) is 15.8 Å². The molecule has 11 heteroatoms. The van der Waals surface area contributed by atoms with Crippen molar-refractivity contribution in [3.63, 3.8) is 0 Å². The van der Waals surface area contributed by atoms with Gasteiger partial charge in [0.05, 0.1) is 19.1 Å². The van der Waals surface area contributed by atoms with Crippen LogP contribution in [0.3, 0.4) is 0 Å². The number of hydrogen-bond donors (Lipinski definition) is 1. The quantitative estimate of drug-likeness (QED) is 0.622. The van der Waals surface area contributed by atoms with Crippen molar-refractivity contribution < 1.29 is 27.1 Å². The Bertz CT molecular complexity index is 1170. The number of nitrogens with one attached hydrogen (secondary N) is 1. The van der Waals surface area contributed by atoms with Gasteiger partial charge in [-0.3, -0.25) is 9.59 Å². The topological polar surface area (TPSA) is 96.0 Å². The molecule has 8 nitrogen and oxygen atoms in total. The van der Waals surface area contributed by atoms with Crippen molar-refractivity contribution in [3.8, 4) is 0 Å². The first-order chi connectivity index (χ1) is 15.8. The Morgan fingerprint density at radius 3 is 2.67 bits per heavy atom. The van der Waals surface area contributed by atoms with Gasteiger partial charge in [0.25, 0.3) is 0 Å². The van der Waals surface area contributed by atoms with Gasteiger partial charge in [0.1, 0.15) is 10.7 Å². The van der Waals surface area contributed by atoms with E-state index in [9.17, 15) is 22.4 Å². The van der Waals surface area contributed by atoms with Gasteiger partial charge in [0.2, 0.25) is 21.8 Å². The van der Waals surface area contributed by atoms with Gasteiger partial charge < -0.3 is 15.0 Å². The molecule has 33 heavy (non-hydrogen) atoms. The lowest BCUT2D eigenvalue weighted by molar-refractivity contribution is -0.122. The summed E-state index contributed by atoms with van der Waals surface area (Å²) in [4.78, 5) is 27.5. The van der Waals surface area contributed by atoms with Crippen molar-refractivity contribution in [2.45, 2.75) is 16.2 Å². The maximum Gasteiger partial charge on any atom is 0.246 e. The number of carbonyl (C=O) groups excluding carboxylic acids is 2. The summed E-state index contributed by atoms with van der Waals surface area (Å²) < 4.78 is 46.5. The lowest BCUT2D eigenvalue weighted by Crippen LogP contribution is -2.40. The number of hydrogen-bond acceptors (Lipinski definition) is 6. The third kappa shape index (κ3) is 5.06.